The van der Waals surface area contributed by atoms with Crippen LogP contribution in [-0.2, 0) is 17.9 Å². The van der Waals surface area contributed by atoms with Crippen LogP contribution in [0.2, 0.25) is 0 Å². The maximum absolute atomic E-state index is 12.0. The lowest BCUT2D eigenvalue weighted by Gasteiger charge is -2.14. The summed E-state index contributed by atoms with van der Waals surface area (Å²) in [6, 6.07) is 19.8. The van der Waals surface area contributed by atoms with E-state index in [2.05, 4.69) is 10.6 Å². The molecule has 2 aromatic rings. The van der Waals surface area contributed by atoms with E-state index in [1.807, 2.05) is 67.6 Å². The number of nitrogens with one attached hydrogen (secondary N) is 2. The molecule has 0 aliphatic rings. The first-order valence-corrected chi connectivity index (χ1v) is 6.84. The molecule has 0 bridgehead atoms. The Morgan fingerprint density at radius 1 is 0.900 bits per heavy atom. The van der Waals surface area contributed by atoms with Gasteiger partial charge in [0.2, 0.25) is 5.91 Å². The number of hydrogen-bond donors (Lipinski definition) is 2. The van der Waals surface area contributed by atoms with E-state index in [0.717, 1.165) is 5.56 Å². The van der Waals surface area contributed by atoms with E-state index in [-0.39, 0.29) is 11.9 Å². The Bertz CT molecular complexity index is 525. The van der Waals surface area contributed by atoms with Crippen LogP contribution in [0.4, 0.5) is 0 Å². The Balaban J connectivity index is 1.75. The van der Waals surface area contributed by atoms with Gasteiger partial charge in [-0.2, -0.15) is 0 Å². The molecule has 0 radical (unpaired) electrons. The summed E-state index contributed by atoms with van der Waals surface area (Å²) in [5.41, 5.74) is 2.28. The third kappa shape index (κ3) is 4.52. The van der Waals surface area contributed by atoms with Crippen LogP contribution in [-0.4, -0.2) is 11.9 Å². The second-order valence-electron chi connectivity index (χ2n) is 4.79. The molecule has 0 aliphatic carbocycles. The van der Waals surface area contributed by atoms with E-state index < -0.39 is 0 Å². The van der Waals surface area contributed by atoms with Crippen LogP contribution in [0.15, 0.2) is 60.7 Å². The van der Waals surface area contributed by atoms with Crippen molar-refractivity contribution in [3.05, 3.63) is 71.8 Å². The highest BCUT2D eigenvalue weighted by Gasteiger charge is 2.11. The fourth-order valence-corrected chi connectivity index (χ4v) is 1.90. The third-order valence-corrected chi connectivity index (χ3v) is 3.16. The first-order valence-electron chi connectivity index (χ1n) is 6.84. The van der Waals surface area contributed by atoms with Crippen molar-refractivity contribution >= 4 is 5.91 Å². The van der Waals surface area contributed by atoms with Crippen LogP contribution < -0.4 is 10.6 Å². The molecule has 3 nitrogen and oxygen atoms in total. The molecular formula is C17H20N2O. The molecule has 0 heterocycles. The minimum atomic E-state index is -0.209. The maximum Gasteiger partial charge on any atom is 0.237 e. The molecule has 0 fully saturated rings. The van der Waals surface area contributed by atoms with Gasteiger partial charge in [-0.25, -0.2) is 0 Å². The SMILES string of the molecule is C[C@H](NCc1ccccc1)C(=O)NCc1ccccc1. The number of carbonyl (C=O) groups excluding carboxylic acids is 1. The fourth-order valence-electron chi connectivity index (χ4n) is 1.90. The normalized spacial score (nSPS) is 11.8. The molecule has 3 heteroatoms. The lowest BCUT2D eigenvalue weighted by Crippen LogP contribution is -2.41. The first kappa shape index (κ1) is 14.3. The Labute approximate surface area is 120 Å². The van der Waals surface area contributed by atoms with Gasteiger partial charge in [-0.3, -0.25) is 4.79 Å². The average Bonchev–Trinajstić information content (AvgIpc) is 2.52. The number of carbonyl (C=O) groups is 1. The topological polar surface area (TPSA) is 41.1 Å². The molecule has 20 heavy (non-hydrogen) atoms. The van der Waals surface area contributed by atoms with Gasteiger partial charge in [-0.05, 0) is 18.1 Å². The minimum absolute atomic E-state index is 0.0183. The molecule has 2 aromatic carbocycles. The van der Waals surface area contributed by atoms with Crippen molar-refractivity contribution in [2.24, 2.45) is 0 Å². The monoisotopic (exact) mass is 268 g/mol. The van der Waals surface area contributed by atoms with E-state index in [0.29, 0.717) is 13.1 Å². The van der Waals surface area contributed by atoms with Crippen molar-refractivity contribution in [3.8, 4) is 0 Å². The van der Waals surface area contributed by atoms with E-state index >= 15 is 0 Å². The number of benzene rings is 2. The highest BCUT2D eigenvalue weighted by Crippen LogP contribution is 1.99. The number of amides is 1. The third-order valence-electron chi connectivity index (χ3n) is 3.16. The lowest BCUT2D eigenvalue weighted by atomic mass is 10.2. The predicted molar refractivity (Wildman–Crippen MR) is 81.0 cm³/mol. The maximum atomic E-state index is 12.0. The summed E-state index contributed by atoms with van der Waals surface area (Å²) >= 11 is 0. The van der Waals surface area contributed by atoms with E-state index in [4.69, 9.17) is 0 Å². The summed E-state index contributed by atoms with van der Waals surface area (Å²) in [4.78, 5) is 12.0. The molecule has 1 amide bonds. The van der Waals surface area contributed by atoms with Crippen LogP contribution in [0, 0.1) is 0 Å². The zero-order valence-electron chi connectivity index (χ0n) is 11.7. The van der Waals surface area contributed by atoms with Gasteiger partial charge in [-0.1, -0.05) is 60.7 Å². The van der Waals surface area contributed by atoms with Gasteiger partial charge >= 0.3 is 0 Å². The molecule has 0 aliphatic heterocycles. The molecule has 0 spiro atoms. The fraction of sp³-hybridized carbons (Fsp3) is 0.235. The largest absolute Gasteiger partial charge is 0.351 e. The Hall–Kier alpha value is -2.13. The van der Waals surface area contributed by atoms with Gasteiger partial charge in [0, 0.05) is 13.1 Å². The van der Waals surface area contributed by atoms with Crippen LogP contribution in [0.25, 0.3) is 0 Å². The molecule has 2 N–H and O–H groups in total. The summed E-state index contributed by atoms with van der Waals surface area (Å²) in [6.45, 7) is 3.14. The first-order chi connectivity index (χ1) is 9.75. The quantitative estimate of drug-likeness (QED) is 0.845. The van der Waals surface area contributed by atoms with Crippen LogP contribution >= 0.6 is 0 Å². The highest BCUT2D eigenvalue weighted by atomic mass is 16.2. The Kier molecular flexibility index (Phi) is 5.33. The van der Waals surface area contributed by atoms with Gasteiger partial charge < -0.3 is 10.6 Å². The van der Waals surface area contributed by atoms with Crippen molar-refractivity contribution < 1.29 is 4.79 Å². The predicted octanol–water partition coefficient (Wildman–Crippen LogP) is 2.48. The van der Waals surface area contributed by atoms with Gasteiger partial charge in [-0.15, -0.1) is 0 Å². The zero-order chi connectivity index (χ0) is 14.2. The summed E-state index contributed by atoms with van der Waals surface area (Å²) < 4.78 is 0. The minimum Gasteiger partial charge on any atom is -0.351 e. The van der Waals surface area contributed by atoms with Crippen LogP contribution in [0.1, 0.15) is 18.1 Å². The lowest BCUT2D eigenvalue weighted by molar-refractivity contribution is -0.122. The van der Waals surface area contributed by atoms with Gasteiger partial charge in [0.1, 0.15) is 0 Å². The second-order valence-corrected chi connectivity index (χ2v) is 4.79. The van der Waals surface area contributed by atoms with Gasteiger partial charge in [0.15, 0.2) is 0 Å². The highest BCUT2D eigenvalue weighted by molar-refractivity contribution is 5.81. The van der Waals surface area contributed by atoms with Gasteiger partial charge in [0.25, 0.3) is 0 Å². The summed E-state index contributed by atoms with van der Waals surface area (Å²) in [7, 11) is 0. The van der Waals surface area contributed by atoms with Crippen molar-refractivity contribution in [3.63, 3.8) is 0 Å². The van der Waals surface area contributed by atoms with Crippen molar-refractivity contribution in [1.29, 1.82) is 0 Å². The van der Waals surface area contributed by atoms with Crippen molar-refractivity contribution in [2.45, 2.75) is 26.1 Å². The molecule has 0 aromatic heterocycles. The molecule has 0 saturated heterocycles. The number of rotatable bonds is 6. The average molecular weight is 268 g/mol. The van der Waals surface area contributed by atoms with Crippen molar-refractivity contribution in [2.75, 3.05) is 0 Å². The zero-order valence-corrected chi connectivity index (χ0v) is 11.7. The van der Waals surface area contributed by atoms with E-state index in [1.165, 1.54) is 5.56 Å². The Morgan fingerprint density at radius 2 is 1.40 bits per heavy atom. The summed E-state index contributed by atoms with van der Waals surface area (Å²) in [6.07, 6.45) is 0. The van der Waals surface area contributed by atoms with E-state index in [1.54, 1.807) is 0 Å². The summed E-state index contributed by atoms with van der Waals surface area (Å²) in [5, 5.41) is 6.16. The van der Waals surface area contributed by atoms with Crippen LogP contribution in [0.3, 0.4) is 0 Å². The van der Waals surface area contributed by atoms with Gasteiger partial charge in [0.05, 0.1) is 6.04 Å². The number of hydrogen-bond acceptors (Lipinski definition) is 2. The van der Waals surface area contributed by atoms with E-state index in [9.17, 15) is 4.79 Å². The second kappa shape index (κ2) is 7.46. The molecule has 1 atom stereocenters. The standard InChI is InChI=1S/C17H20N2O/c1-14(18-12-15-8-4-2-5-9-15)17(20)19-13-16-10-6-3-7-11-16/h2-11,14,18H,12-13H2,1H3,(H,19,20)/t14-/m0/s1. The molecular weight excluding hydrogens is 248 g/mol. The Morgan fingerprint density at radius 3 is 1.95 bits per heavy atom. The molecule has 0 saturated carbocycles. The van der Waals surface area contributed by atoms with Crippen LogP contribution in [0.5, 0.6) is 0 Å². The summed E-state index contributed by atoms with van der Waals surface area (Å²) in [5.74, 6) is 0.0183. The molecule has 2 rings (SSSR count). The van der Waals surface area contributed by atoms with Crippen molar-refractivity contribution in [1.82, 2.24) is 10.6 Å². The molecule has 0 unspecified atom stereocenters. The molecule has 104 valence electrons. The smallest absolute Gasteiger partial charge is 0.237 e.